The van der Waals surface area contributed by atoms with Crippen LogP contribution in [0.2, 0.25) is 0 Å². The topological polar surface area (TPSA) is 152 Å². The fraction of sp³-hybridized carbons (Fsp3) is 0.522. The van der Waals surface area contributed by atoms with Crippen LogP contribution in [0.1, 0.15) is 29.7 Å². The lowest BCUT2D eigenvalue weighted by molar-refractivity contribution is -0.151. The SMILES string of the molecule is [2H]C([2H])(OP(=O)(C[C@@H](C)C(=O)OC(C)C)Oc1ccccc1)[C@H]1O[C@@H](n2ccc(N)nc2=O)C(F)(CF)[C@H]1O. The predicted molar refractivity (Wildman–Crippen MR) is 129 cm³/mol. The second-order valence-corrected chi connectivity index (χ2v) is 10.7. The first-order valence-electron chi connectivity index (χ1n) is 12.3. The molecule has 204 valence electrons. The summed E-state index contributed by atoms with van der Waals surface area (Å²) in [4.78, 5) is 28.1. The molecular formula is C23H30F2N3O8P. The Balaban J connectivity index is 1.95. The van der Waals surface area contributed by atoms with E-state index in [1.165, 1.54) is 31.2 Å². The van der Waals surface area contributed by atoms with Gasteiger partial charge in [-0.25, -0.2) is 18.1 Å². The van der Waals surface area contributed by atoms with E-state index in [9.17, 15) is 23.7 Å². The van der Waals surface area contributed by atoms with Crippen LogP contribution in [0.25, 0.3) is 0 Å². The minimum atomic E-state index is -4.63. The highest BCUT2D eigenvalue weighted by molar-refractivity contribution is 7.54. The van der Waals surface area contributed by atoms with Crippen molar-refractivity contribution in [2.24, 2.45) is 5.92 Å². The van der Waals surface area contributed by atoms with Gasteiger partial charge >= 0.3 is 19.3 Å². The van der Waals surface area contributed by atoms with E-state index in [-0.39, 0.29) is 11.6 Å². The maximum atomic E-state index is 15.7. The molecule has 0 bridgehead atoms. The number of aliphatic hydroxyl groups is 1. The number of nitrogen functional groups attached to an aromatic ring is 1. The molecule has 11 nitrogen and oxygen atoms in total. The molecule has 0 saturated carbocycles. The van der Waals surface area contributed by atoms with Gasteiger partial charge in [0.1, 0.15) is 30.4 Å². The predicted octanol–water partition coefficient (Wildman–Crippen LogP) is 2.64. The van der Waals surface area contributed by atoms with Crippen molar-refractivity contribution >= 4 is 19.4 Å². The summed E-state index contributed by atoms with van der Waals surface area (Å²) in [5.74, 6) is -2.10. The van der Waals surface area contributed by atoms with E-state index >= 15 is 4.39 Å². The van der Waals surface area contributed by atoms with E-state index < -0.39 is 74.8 Å². The Labute approximate surface area is 214 Å². The van der Waals surface area contributed by atoms with Crippen molar-refractivity contribution in [3.63, 3.8) is 0 Å². The standard InChI is InChI=1S/C23H30F2N3O8P/c1-14(2)34-20(30)15(3)12-37(32,36-16-7-5-4-6-8-16)33-11-17-19(29)23(25,13-24)21(35-17)28-10-9-18(26)27-22(28)31/h4-10,14-15,17,19,21,29H,11-13H2,1-3H3,(H2,26,27,31)/t15-,17-,19+,21-,23?,37?/m1/s1/i11D2. The van der Waals surface area contributed by atoms with Crippen molar-refractivity contribution in [3.05, 3.63) is 53.1 Å². The molecule has 2 aromatic rings. The Morgan fingerprint density at radius 2 is 2.03 bits per heavy atom. The van der Waals surface area contributed by atoms with Gasteiger partial charge < -0.3 is 24.8 Å². The first kappa shape index (κ1) is 25.8. The monoisotopic (exact) mass is 547 g/mol. The van der Waals surface area contributed by atoms with Gasteiger partial charge in [-0.2, -0.15) is 4.98 Å². The van der Waals surface area contributed by atoms with E-state index in [0.717, 1.165) is 12.3 Å². The smallest absolute Gasteiger partial charge is 0.380 e. The van der Waals surface area contributed by atoms with Crippen LogP contribution in [0.5, 0.6) is 5.75 Å². The highest BCUT2D eigenvalue weighted by atomic mass is 31.2. The number of carbonyl (C=O) groups is 1. The highest BCUT2D eigenvalue weighted by Gasteiger charge is 2.59. The number of rotatable bonds is 11. The molecule has 0 spiro atoms. The molecule has 14 heteroatoms. The van der Waals surface area contributed by atoms with Gasteiger partial charge in [0.2, 0.25) is 5.67 Å². The molecule has 1 fully saturated rings. The number of ether oxygens (including phenoxy) is 2. The zero-order valence-corrected chi connectivity index (χ0v) is 21.2. The lowest BCUT2D eigenvalue weighted by atomic mass is 9.97. The minimum absolute atomic E-state index is 0.00470. The Hall–Kier alpha value is -2.86. The lowest BCUT2D eigenvalue weighted by Crippen LogP contribution is -2.47. The van der Waals surface area contributed by atoms with E-state index in [0.29, 0.717) is 4.57 Å². The Kier molecular flexibility index (Phi) is 8.14. The number of alkyl halides is 2. The van der Waals surface area contributed by atoms with Crippen molar-refractivity contribution in [1.82, 2.24) is 9.55 Å². The van der Waals surface area contributed by atoms with E-state index in [1.807, 2.05) is 0 Å². The third kappa shape index (κ3) is 6.72. The number of hydrogen-bond donors (Lipinski definition) is 2. The molecule has 0 radical (unpaired) electrons. The van der Waals surface area contributed by atoms with Gasteiger partial charge in [-0.3, -0.25) is 13.9 Å². The molecule has 3 rings (SSSR count). The third-order valence-electron chi connectivity index (χ3n) is 5.32. The fourth-order valence-corrected chi connectivity index (χ4v) is 5.20. The summed E-state index contributed by atoms with van der Waals surface area (Å²) in [5.41, 5.74) is 0.946. The Morgan fingerprint density at radius 1 is 1.35 bits per heavy atom. The quantitative estimate of drug-likeness (QED) is 0.317. The minimum Gasteiger partial charge on any atom is -0.463 e. The normalized spacial score (nSPS) is 27.2. The molecule has 6 atom stereocenters. The number of para-hydroxylation sites is 1. The molecule has 1 aliphatic heterocycles. The molecule has 3 N–H and O–H groups in total. The largest absolute Gasteiger partial charge is 0.463 e. The van der Waals surface area contributed by atoms with E-state index in [2.05, 4.69) is 4.98 Å². The van der Waals surface area contributed by atoms with E-state index in [4.69, 9.17) is 27.0 Å². The van der Waals surface area contributed by atoms with Gasteiger partial charge in [-0.1, -0.05) is 25.1 Å². The van der Waals surface area contributed by atoms with Crippen LogP contribution in [-0.4, -0.2) is 64.0 Å². The Morgan fingerprint density at radius 3 is 2.62 bits per heavy atom. The van der Waals surface area contributed by atoms with Crippen molar-refractivity contribution < 1.29 is 44.5 Å². The molecule has 0 amide bonds. The van der Waals surface area contributed by atoms with Gasteiger partial charge in [-0.05, 0) is 32.0 Å². The van der Waals surface area contributed by atoms with Gasteiger partial charge in [0, 0.05) is 6.20 Å². The van der Waals surface area contributed by atoms with Crippen LogP contribution in [0.15, 0.2) is 47.4 Å². The van der Waals surface area contributed by atoms with Crippen LogP contribution in [-0.2, 0) is 23.4 Å². The highest BCUT2D eigenvalue weighted by Crippen LogP contribution is 2.51. The maximum absolute atomic E-state index is 15.7. The van der Waals surface area contributed by atoms with Crippen molar-refractivity contribution in [1.29, 1.82) is 0 Å². The number of esters is 1. The average Bonchev–Trinajstić information content (AvgIpc) is 3.10. The molecular weight excluding hydrogens is 515 g/mol. The summed E-state index contributed by atoms with van der Waals surface area (Å²) in [6, 6.07) is 8.60. The second-order valence-electron chi connectivity index (χ2n) is 8.75. The summed E-state index contributed by atoms with van der Waals surface area (Å²) < 4.78 is 82.0. The van der Waals surface area contributed by atoms with Crippen LogP contribution in [0.3, 0.4) is 0 Å². The molecule has 1 saturated heterocycles. The molecule has 1 aliphatic rings. The molecule has 2 unspecified atom stereocenters. The van der Waals surface area contributed by atoms with Gasteiger partial charge in [0.25, 0.3) is 0 Å². The van der Waals surface area contributed by atoms with E-state index in [1.54, 1.807) is 19.9 Å². The number of aliphatic hydroxyl groups excluding tert-OH is 1. The number of aromatic nitrogens is 2. The second kappa shape index (κ2) is 11.7. The number of hydrogen-bond acceptors (Lipinski definition) is 10. The summed E-state index contributed by atoms with van der Waals surface area (Å²) in [7, 11) is -4.63. The number of halogens is 2. The average molecular weight is 547 g/mol. The number of nitrogens with two attached hydrogens (primary N) is 1. The number of nitrogens with zero attached hydrogens (tertiary/aromatic N) is 2. The zero-order valence-electron chi connectivity index (χ0n) is 22.3. The molecule has 0 aliphatic carbocycles. The van der Waals surface area contributed by atoms with Crippen LogP contribution >= 0.6 is 7.60 Å². The lowest BCUT2D eigenvalue weighted by Gasteiger charge is -2.26. The fourth-order valence-electron chi connectivity index (χ4n) is 3.49. The number of benzene rings is 1. The van der Waals surface area contributed by atoms with Crippen LogP contribution in [0.4, 0.5) is 14.6 Å². The molecule has 1 aromatic heterocycles. The maximum Gasteiger partial charge on any atom is 0.380 e. The Bertz CT molecular complexity index is 1270. The number of anilines is 1. The van der Waals surface area contributed by atoms with Gasteiger partial charge in [-0.15, -0.1) is 0 Å². The molecule has 2 heterocycles. The summed E-state index contributed by atoms with van der Waals surface area (Å²) in [6.07, 6.45) is -7.26. The molecule has 1 aromatic carbocycles. The number of carbonyl (C=O) groups excluding carboxylic acids is 1. The summed E-state index contributed by atoms with van der Waals surface area (Å²) >= 11 is 0. The summed E-state index contributed by atoms with van der Waals surface area (Å²) in [6.45, 7) is -0.621. The first-order chi connectivity index (χ1) is 18.1. The summed E-state index contributed by atoms with van der Waals surface area (Å²) in [5, 5.41) is 10.7. The third-order valence-corrected chi connectivity index (χ3v) is 7.19. The van der Waals surface area contributed by atoms with Gasteiger partial charge in [0.05, 0.1) is 27.5 Å². The van der Waals surface area contributed by atoms with Gasteiger partial charge in [0.15, 0.2) is 6.23 Å². The van der Waals surface area contributed by atoms with Crippen molar-refractivity contribution in [3.8, 4) is 5.75 Å². The van der Waals surface area contributed by atoms with Crippen LogP contribution < -0.4 is 15.9 Å². The zero-order chi connectivity index (χ0) is 29.2. The molecule has 37 heavy (non-hydrogen) atoms. The van der Waals surface area contributed by atoms with Crippen LogP contribution in [0, 0.1) is 5.92 Å². The first-order valence-corrected chi connectivity index (χ1v) is 13.0. The van der Waals surface area contributed by atoms with Crippen molar-refractivity contribution in [2.75, 3.05) is 25.1 Å². The van der Waals surface area contributed by atoms with Crippen molar-refractivity contribution in [2.45, 2.75) is 51.0 Å².